The molecule has 300 valence electrons. The molecule has 0 atom stereocenters. The van der Waals surface area contributed by atoms with Gasteiger partial charge in [0.1, 0.15) is 0 Å². The lowest BCUT2D eigenvalue weighted by molar-refractivity contribution is 0.353. The quantitative estimate of drug-likeness (QED) is 0.145. The van der Waals surface area contributed by atoms with E-state index in [9.17, 15) is 0 Å². The molecule has 0 aliphatic heterocycles. The summed E-state index contributed by atoms with van der Waals surface area (Å²) in [5.74, 6) is 0. The van der Waals surface area contributed by atoms with E-state index in [1.54, 1.807) is 0 Å². The Balaban J connectivity index is 1.04. The number of nitrogens with zero attached hydrogens (tertiary/aromatic N) is 1. The monoisotopic (exact) mass is 805 g/mol. The maximum atomic E-state index is 2.53. The maximum absolute atomic E-state index is 2.53. The van der Waals surface area contributed by atoms with Gasteiger partial charge in [-0.25, -0.2) is 0 Å². The zero-order valence-electron chi connectivity index (χ0n) is 35.3. The van der Waals surface area contributed by atoms with E-state index in [0.717, 1.165) is 17.1 Å². The lowest BCUT2D eigenvalue weighted by atomic mass is 9.67. The van der Waals surface area contributed by atoms with Crippen molar-refractivity contribution in [3.63, 3.8) is 0 Å². The highest BCUT2D eigenvalue weighted by Crippen LogP contribution is 2.56. The third kappa shape index (κ3) is 6.22. The molecule has 1 nitrogen and oxygen atoms in total. The fraction of sp³-hybridized carbons (Fsp3) is 0.0968. The molecule has 2 aliphatic carbocycles. The minimum atomic E-state index is 0.121. The van der Waals surface area contributed by atoms with Crippen LogP contribution < -0.4 is 4.90 Å². The minimum Gasteiger partial charge on any atom is -0.309 e. The summed E-state index contributed by atoms with van der Waals surface area (Å²) >= 11 is 0. The van der Waals surface area contributed by atoms with Crippen molar-refractivity contribution in [1.82, 2.24) is 0 Å². The Morgan fingerprint density at radius 3 is 1.60 bits per heavy atom. The van der Waals surface area contributed by atoms with Crippen LogP contribution in [0.3, 0.4) is 0 Å². The van der Waals surface area contributed by atoms with E-state index < -0.39 is 0 Å². The van der Waals surface area contributed by atoms with E-state index in [2.05, 4.69) is 229 Å². The first-order chi connectivity index (χ1) is 31.2. The first-order valence-electron chi connectivity index (χ1n) is 22.6. The lowest BCUT2D eigenvalue weighted by Crippen LogP contribution is -2.28. The summed E-state index contributed by atoms with van der Waals surface area (Å²) in [7, 11) is 0. The van der Waals surface area contributed by atoms with Crippen LogP contribution in [0.1, 0.15) is 43.2 Å². The Bertz CT molecular complexity index is 3320. The van der Waals surface area contributed by atoms with Crippen LogP contribution in [0.15, 0.2) is 224 Å². The van der Waals surface area contributed by atoms with Crippen molar-refractivity contribution in [3.8, 4) is 55.6 Å². The Labute approximate surface area is 370 Å². The molecule has 0 aromatic heterocycles. The summed E-state index contributed by atoms with van der Waals surface area (Å²) in [6, 6.07) is 83.4. The highest BCUT2D eigenvalue weighted by molar-refractivity contribution is 6.15. The predicted octanol–water partition coefficient (Wildman–Crippen LogP) is 17.4. The van der Waals surface area contributed by atoms with Crippen LogP contribution in [0.4, 0.5) is 17.1 Å². The van der Waals surface area contributed by atoms with Gasteiger partial charge in [0.05, 0.1) is 11.4 Å². The summed E-state index contributed by atoms with van der Waals surface area (Å²) in [4.78, 5) is 2.50. The van der Waals surface area contributed by atoms with Gasteiger partial charge in [-0.3, -0.25) is 0 Å². The molecular weight excluding hydrogens is 759 g/mol. The molecule has 0 N–H and O–H groups in total. The van der Waals surface area contributed by atoms with E-state index in [1.165, 1.54) is 120 Å². The topological polar surface area (TPSA) is 3.24 Å². The largest absolute Gasteiger partial charge is 0.309 e. The van der Waals surface area contributed by atoms with Crippen LogP contribution in [0, 0.1) is 0 Å². The Kier molecular flexibility index (Phi) is 9.15. The van der Waals surface area contributed by atoms with Crippen molar-refractivity contribution < 1.29 is 0 Å². The molecule has 1 fully saturated rings. The molecule has 1 spiro atoms. The summed E-state index contributed by atoms with van der Waals surface area (Å²) < 4.78 is 0. The third-order valence-electron chi connectivity index (χ3n) is 14.1. The normalized spacial score (nSPS) is 13.8. The SMILES string of the molecule is c1ccc(-c2ccccc2-c2ccccc2-c2ccccc2N(c2ccc(-c3ccc4c(c3)C3(CCCCC3)c3ccccc3-4)cc2)c2cc3ccccc3c3ccccc23)cc1. The van der Waals surface area contributed by atoms with Crippen molar-refractivity contribution in [2.45, 2.75) is 37.5 Å². The van der Waals surface area contributed by atoms with Gasteiger partial charge < -0.3 is 4.90 Å². The van der Waals surface area contributed by atoms with E-state index in [4.69, 9.17) is 0 Å². The van der Waals surface area contributed by atoms with Gasteiger partial charge in [0.2, 0.25) is 0 Å². The molecule has 63 heavy (non-hydrogen) atoms. The molecule has 0 saturated heterocycles. The number of hydrogen-bond acceptors (Lipinski definition) is 1. The zero-order valence-corrected chi connectivity index (χ0v) is 35.3. The molecule has 0 heterocycles. The van der Waals surface area contributed by atoms with Crippen LogP contribution in [-0.2, 0) is 5.41 Å². The van der Waals surface area contributed by atoms with Crippen LogP contribution in [0.5, 0.6) is 0 Å². The molecule has 2 aliphatic rings. The number of hydrogen-bond donors (Lipinski definition) is 0. The van der Waals surface area contributed by atoms with Gasteiger partial charge in [-0.2, -0.15) is 0 Å². The second-order valence-electron chi connectivity index (χ2n) is 17.5. The average molecular weight is 806 g/mol. The van der Waals surface area contributed by atoms with E-state index in [0.29, 0.717) is 0 Å². The van der Waals surface area contributed by atoms with Gasteiger partial charge in [0.15, 0.2) is 0 Å². The molecule has 0 radical (unpaired) electrons. The second-order valence-corrected chi connectivity index (χ2v) is 17.5. The van der Waals surface area contributed by atoms with Gasteiger partial charge in [0.25, 0.3) is 0 Å². The van der Waals surface area contributed by atoms with Crippen molar-refractivity contribution >= 4 is 38.6 Å². The van der Waals surface area contributed by atoms with E-state index >= 15 is 0 Å². The first-order valence-corrected chi connectivity index (χ1v) is 22.6. The van der Waals surface area contributed by atoms with E-state index in [1.807, 2.05) is 0 Å². The smallest absolute Gasteiger partial charge is 0.0546 e. The molecule has 10 aromatic rings. The molecule has 12 rings (SSSR count). The summed E-state index contributed by atoms with van der Waals surface area (Å²) in [6.45, 7) is 0. The second kappa shape index (κ2) is 15.5. The number of anilines is 3. The van der Waals surface area contributed by atoms with E-state index in [-0.39, 0.29) is 5.41 Å². The number of benzene rings is 10. The molecule has 1 saturated carbocycles. The number of rotatable bonds is 7. The van der Waals surface area contributed by atoms with Crippen molar-refractivity contribution in [3.05, 3.63) is 236 Å². The summed E-state index contributed by atoms with van der Waals surface area (Å²) in [5, 5.41) is 4.95. The van der Waals surface area contributed by atoms with Crippen molar-refractivity contribution in [2.24, 2.45) is 0 Å². The zero-order chi connectivity index (χ0) is 41.7. The van der Waals surface area contributed by atoms with Crippen LogP contribution in [0.2, 0.25) is 0 Å². The lowest BCUT2D eigenvalue weighted by Gasteiger charge is -2.36. The molecular formula is C62H47N. The molecule has 10 aromatic carbocycles. The maximum Gasteiger partial charge on any atom is 0.0546 e. The van der Waals surface area contributed by atoms with Crippen LogP contribution in [-0.4, -0.2) is 0 Å². The van der Waals surface area contributed by atoms with Gasteiger partial charge in [-0.1, -0.05) is 213 Å². The number of para-hydroxylation sites is 1. The standard InChI is InChI=1S/C62H47N/c1-3-19-44(20-4-1)48-22-7-8-24-50(48)52-26-9-10-27-53(52)56-29-14-16-32-60(56)63(61-42-46-21-5-6-23-49(46)51-25-11-12-30-57(51)61)47-36-33-43(34-37-47)45-35-38-55-54-28-13-15-31-58(54)62(59(55)41-45)39-17-2-18-40-62/h1,3-16,19-38,41-42H,2,17-18,39-40H2. The van der Waals surface area contributed by atoms with Crippen LogP contribution in [0.25, 0.3) is 77.2 Å². The fourth-order valence-electron chi connectivity index (χ4n) is 11.2. The number of fused-ring (bicyclic) bond motifs is 8. The van der Waals surface area contributed by atoms with Gasteiger partial charge >= 0.3 is 0 Å². The van der Waals surface area contributed by atoms with Crippen LogP contribution >= 0.6 is 0 Å². The average Bonchev–Trinajstić information content (AvgIpc) is 3.62. The third-order valence-corrected chi connectivity index (χ3v) is 14.1. The summed E-state index contributed by atoms with van der Waals surface area (Å²) in [6.07, 6.45) is 6.37. The Morgan fingerprint density at radius 2 is 0.841 bits per heavy atom. The molecule has 0 amide bonds. The highest BCUT2D eigenvalue weighted by atomic mass is 15.1. The van der Waals surface area contributed by atoms with Gasteiger partial charge in [-0.05, 0) is 121 Å². The Morgan fingerprint density at radius 1 is 0.302 bits per heavy atom. The molecule has 0 bridgehead atoms. The minimum absolute atomic E-state index is 0.121. The van der Waals surface area contributed by atoms with Crippen molar-refractivity contribution in [2.75, 3.05) is 4.90 Å². The Hall–Kier alpha value is -7.48. The summed E-state index contributed by atoms with van der Waals surface area (Å²) in [5.41, 5.74) is 19.2. The predicted molar refractivity (Wildman–Crippen MR) is 267 cm³/mol. The highest BCUT2D eigenvalue weighted by Gasteiger charge is 2.43. The first kappa shape index (κ1) is 37.3. The van der Waals surface area contributed by atoms with Gasteiger partial charge in [-0.15, -0.1) is 0 Å². The van der Waals surface area contributed by atoms with Gasteiger partial charge in [0, 0.05) is 22.1 Å². The molecule has 1 heteroatoms. The fourth-order valence-corrected chi connectivity index (χ4v) is 11.2. The van der Waals surface area contributed by atoms with Crippen molar-refractivity contribution in [1.29, 1.82) is 0 Å². The molecule has 0 unspecified atom stereocenters.